The minimum Gasteiger partial charge on any atom is -0.0604 e. The highest BCUT2D eigenvalue weighted by Gasteiger charge is 2.29. The molecule has 1 heteroatoms. The van der Waals surface area contributed by atoms with Gasteiger partial charge in [0.15, 0.2) is 0 Å². The van der Waals surface area contributed by atoms with E-state index in [-0.39, 0.29) is 0 Å². The number of hydrogen-bond acceptors (Lipinski definition) is 0. The van der Waals surface area contributed by atoms with Gasteiger partial charge in [0.2, 0.25) is 0 Å². The lowest BCUT2D eigenvalue weighted by atomic mass is 9.99. The van der Waals surface area contributed by atoms with Crippen molar-refractivity contribution in [3.63, 3.8) is 0 Å². The summed E-state index contributed by atoms with van der Waals surface area (Å²) >= 11 is 5.90. The van der Waals surface area contributed by atoms with Crippen molar-refractivity contribution in [2.75, 3.05) is 0 Å². The van der Waals surface area contributed by atoms with Crippen molar-refractivity contribution < 1.29 is 0 Å². The summed E-state index contributed by atoms with van der Waals surface area (Å²) in [5.41, 5.74) is 2.81. The minimum atomic E-state index is 0.837. The fraction of sp³-hybridized carbons (Fsp3) is 0.364. The molecule has 2 aliphatic carbocycles. The largest absolute Gasteiger partial charge is 0.124 e. The molecule has 0 bridgehead atoms. The van der Waals surface area contributed by atoms with Crippen LogP contribution in [0.1, 0.15) is 19.8 Å². The van der Waals surface area contributed by atoms with Crippen molar-refractivity contribution in [1.29, 1.82) is 0 Å². The van der Waals surface area contributed by atoms with Gasteiger partial charge in [0.25, 0.3) is 0 Å². The van der Waals surface area contributed by atoms with Crippen LogP contribution in [-0.4, -0.2) is 0 Å². The molecule has 62 valence electrons. The van der Waals surface area contributed by atoms with Gasteiger partial charge in [0, 0.05) is 30.1 Å². The summed E-state index contributed by atoms with van der Waals surface area (Å²) in [4.78, 5) is 0. The molecule has 0 aromatic rings. The summed E-state index contributed by atoms with van der Waals surface area (Å²) in [5.74, 6) is 0.837. The third-order valence-corrected chi connectivity index (χ3v) is 2.70. The highest BCUT2D eigenvalue weighted by Crippen LogP contribution is 2.39. The maximum Gasteiger partial charge on any atom is 0.124 e. The van der Waals surface area contributed by atoms with Crippen molar-refractivity contribution in [2.45, 2.75) is 19.8 Å². The average Bonchev–Trinajstić information content (AvgIpc) is 2.85. The van der Waals surface area contributed by atoms with Crippen molar-refractivity contribution in [3.8, 4) is 0 Å². The molecule has 0 atom stereocenters. The molecule has 1 fully saturated rings. The lowest BCUT2D eigenvalue weighted by molar-refractivity contribution is 0.988. The van der Waals surface area contributed by atoms with Crippen LogP contribution in [0, 0.1) is 12.3 Å². The van der Waals surface area contributed by atoms with E-state index in [1.54, 1.807) is 0 Å². The Labute approximate surface area is 78.6 Å². The molecule has 1 saturated carbocycles. The fourth-order valence-corrected chi connectivity index (χ4v) is 1.68. The van der Waals surface area contributed by atoms with Crippen LogP contribution in [0.2, 0.25) is 0 Å². The summed E-state index contributed by atoms with van der Waals surface area (Å²) in [6.45, 7) is 2.21. The van der Waals surface area contributed by atoms with E-state index in [1.807, 2.05) is 12.2 Å². The summed E-state index contributed by atoms with van der Waals surface area (Å²) in [7, 11) is 0. The van der Waals surface area contributed by atoms with Crippen LogP contribution < -0.4 is 0 Å². The van der Waals surface area contributed by atoms with E-state index in [1.165, 1.54) is 24.0 Å². The first-order chi connectivity index (χ1) is 5.77. The van der Waals surface area contributed by atoms with Crippen LogP contribution >= 0.6 is 11.6 Å². The molecule has 0 unspecified atom stereocenters. The molecule has 12 heavy (non-hydrogen) atoms. The third kappa shape index (κ3) is 1.59. The Morgan fingerprint density at radius 3 is 2.92 bits per heavy atom. The van der Waals surface area contributed by atoms with E-state index in [0.29, 0.717) is 0 Å². The molecule has 0 N–H and O–H groups in total. The Bertz CT molecular complexity index is 277. The Kier molecular flexibility index (Phi) is 2.02. The Balaban J connectivity index is 2.23. The lowest BCUT2D eigenvalue weighted by Crippen LogP contribution is -1.91. The molecule has 0 heterocycles. The monoisotopic (exact) mass is 179 g/mol. The van der Waals surface area contributed by atoms with Gasteiger partial charge in [-0.15, -0.1) is 0 Å². The van der Waals surface area contributed by atoms with Crippen LogP contribution in [-0.2, 0) is 0 Å². The van der Waals surface area contributed by atoms with Gasteiger partial charge in [-0.1, -0.05) is 11.6 Å². The fourth-order valence-electron chi connectivity index (χ4n) is 1.49. The van der Waals surface area contributed by atoms with Crippen LogP contribution in [0.4, 0.5) is 0 Å². The van der Waals surface area contributed by atoms with Crippen LogP contribution in [0.5, 0.6) is 0 Å². The normalized spacial score (nSPS) is 26.3. The maximum absolute atomic E-state index is 5.90. The molecule has 2 aliphatic rings. The number of allylic oxidation sites excluding steroid dienone is 6. The molecule has 0 aromatic carbocycles. The van der Waals surface area contributed by atoms with E-state index < -0.39 is 0 Å². The predicted octanol–water partition coefficient (Wildman–Crippen LogP) is 3.61. The Morgan fingerprint density at radius 1 is 1.58 bits per heavy atom. The van der Waals surface area contributed by atoms with Crippen LogP contribution in [0.3, 0.4) is 0 Å². The molecule has 0 spiro atoms. The molecule has 0 saturated heterocycles. The van der Waals surface area contributed by atoms with Gasteiger partial charge in [0.1, 0.15) is 5.03 Å². The van der Waals surface area contributed by atoms with Crippen molar-refractivity contribution >= 4 is 11.6 Å². The summed E-state index contributed by atoms with van der Waals surface area (Å²) in [5, 5.41) is 0.840. The summed E-state index contributed by atoms with van der Waals surface area (Å²) < 4.78 is 0. The van der Waals surface area contributed by atoms with Gasteiger partial charge in [-0.05, 0) is 19.8 Å². The second-order valence-electron chi connectivity index (χ2n) is 3.47. The van der Waals surface area contributed by atoms with Crippen LogP contribution in [0.25, 0.3) is 0 Å². The van der Waals surface area contributed by atoms with E-state index in [0.717, 1.165) is 11.0 Å². The van der Waals surface area contributed by atoms with E-state index in [9.17, 15) is 0 Å². The molecule has 0 radical (unpaired) electrons. The highest BCUT2D eigenvalue weighted by atomic mass is 35.5. The number of hydrogen-bond donors (Lipinski definition) is 0. The molecule has 2 rings (SSSR count). The van der Waals surface area contributed by atoms with Gasteiger partial charge >= 0.3 is 0 Å². The first-order valence-corrected chi connectivity index (χ1v) is 4.74. The molecule has 0 amide bonds. The first-order valence-electron chi connectivity index (χ1n) is 4.37. The van der Waals surface area contributed by atoms with Crippen molar-refractivity contribution in [2.24, 2.45) is 5.92 Å². The minimum absolute atomic E-state index is 0.837. The molecule has 0 nitrogen and oxygen atoms in total. The van der Waals surface area contributed by atoms with E-state index in [4.69, 9.17) is 11.6 Å². The maximum atomic E-state index is 5.90. The zero-order valence-corrected chi connectivity index (χ0v) is 7.93. The first kappa shape index (κ1) is 8.00. The smallest absolute Gasteiger partial charge is 0.0604 e. The van der Waals surface area contributed by atoms with Crippen molar-refractivity contribution in [1.82, 2.24) is 0 Å². The topological polar surface area (TPSA) is 0 Å². The Hall–Kier alpha value is -0.620. The zero-order valence-electron chi connectivity index (χ0n) is 7.18. The average molecular weight is 180 g/mol. The predicted molar refractivity (Wildman–Crippen MR) is 52.8 cm³/mol. The van der Waals surface area contributed by atoms with Crippen molar-refractivity contribution in [3.05, 3.63) is 40.8 Å². The molecule has 0 aromatic heterocycles. The van der Waals surface area contributed by atoms with Gasteiger partial charge in [-0.25, -0.2) is 0 Å². The zero-order chi connectivity index (χ0) is 8.55. The standard InChI is InChI=1S/C11H12Cl/c1-8(9-5-6-9)10-3-2-4-11(12)7-10/h2-4,7,9H,5-6H2,1H3/q+1/b10-8+. The van der Waals surface area contributed by atoms with Gasteiger partial charge < -0.3 is 0 Å². The van der Waals surface area contributed by atoms with E-state index in [2.05, 4.69) is 19.4 Å². The van der Waals surface area contributed by atoms with Gasteiger partial charge in [-0.3, -0.25) is 0 Å². The highest BCUT2D eigenvalue weighted by molar-refractivity contribution is 6.31. The molecule has 0 aliphatic heterocycles. The summed E-state index contributed by atoms with van der Waals surface area (Å²) in [6, 6.07) is 0. The second kappa shape index (κ2) is 3.02. The number of rotatable bonds is 1. The second-order valence-corrected chi connectivity index (χ2v) is 3.90. The quantitative estimate of drug-likeness (QED) is 0.540. The summed E-state index contributed by atoms with van der Waals surface area (Å²) in [6.07, 6.45) is 10.8. The van der Waals surface area contributed by atoms with Gasteiger partial charge in [0.05, 0.1) is 11.6 Å². The Morgan fingerprint density at radius 2 is 2.33 bits per heavy atom. The molecular weight excluding hydrogens is 168 g/mol. The SMILES string of the molecule is C/C(=C1\C=C(Cl)C=C[CH+]1)C1CC1. The van der Waals surface area contributed by atoms with E-state index >= 15 is 0 Å². The van der Waals surface area contributed by atoms with Crippen LogP contribution in [0.15, 0.2) is 34.4 Å². The third-order valence-electron chi connectivity index (χ3n) is 2.47. The lowest BCUT2D eigenvalue weighted by Gasteiger charge is -2.00. The van der Waals surface area contributed by atoms with Gasteiger partial charge in [-0.2, -0.15) is 0 Å². The number of halogens is 1. The molecular formula is C11H12Cl+.